The SMILES string of the molecule is Cc1cnc(SCC(=O)O)n1CC1CCCC1. The number of thioether (sulfide) groups is 1. The fourth-order valence-corrected chi connectivity index (χ4v) is 3.11. The molecule has 0 atom stereocenters. The summed E-state index contributed by atoms with van der Waals surface area (Å²) < 4.78 is 2.17. The second-order valence-electron chi connectivity index (χ2n) is 4.63. The van der Waals surface area contributed by atoms with Gasteiger partial charge in [0, 0.05) is 18.4 Å². The van der Waals surface area contributed by atoms with E-state index in [0.717, 1.165) is 23.3 Å². The Hall–Kier alpha value is -0.970. The van der Waals surface area contributed by atoms with Crippen molar-refractivity contribution in [3.8, 4) is 0 Å². The molecule has 1 heterocycles. The van der Waals surface area contributed by atoms with Gasteiger partial charge in [0.1, 0.15) is 0 Å². The van der Waals surface area contributed by atoms with Crippen molar-refractivity contribution in [3.05, 3.63) is 11.9 Å². The van der Waals surface area contributed by atoms with Crippen LogP contribution in [-0.4, -0.2) is 26.4 Å². The number of aryl methyl sites for hydroxylation is 1. The van der Waals surface area contributed by atoms with Crippen molar-refractivity contribution in [2.24, 2.45) is 5.92 Å². The smallest absolute Gasteiger partial charge is 0.313 e. The highest BCUT2D eigenvalue weighted by molar-refractivity contribution is 7.99. The van der Waals surface area contributed by atoms with E-state index in [4.69, 9.17) is 5.11 Å². The summed E-state index contributed by atoms with van der Waals surface area (Å²) in [4.78, 5) is 14.9. The van der Waals surface area contributed by atoms with Crippen LogP contribution in [0.3, 0.4) is 0 Å². The average molecular weight is 254 g/mol. The van der Waals surface area contributed by atoms with Crippen LogP contribution < -0.4 is 0 Å². The molecule has 0 aromatic carbocycles. The lowest BCUT2D eigenvalue weighted by Gasteiger charge is -2.14. The van der Waals surface area contributed by atoms with E-state index in [0.29, 0.717) is 0 Å². The molecule has 0 unspecified atom stereocenters. The Kier molecular flexibility index (Phi) is 4.10. The topological polar surface area (TPSA) is 55.1 Å². The predicted molar refractivity (Wildman–Crippen MR) is 67.3 cm³/mol. The quantitative estimate of drug-likeness (QED) is 0.820. The van der Waals surface area contributed by atoms with Gasteiger partial charge in [0.25, 0.3) is 0 Å². The summed E-state index contributed by atoms with van der Waals surface area (Å²) in [6, 6.07) is 0. The second kappa shape index (κ2) is 5.58. The van der Waals surface area contributed by atoms with Gasteiger partial charge in [0.05, 0.1) is 5.75 Å². The van der Waals surface area contributed by atoms with E-state index in [1.165, 1.54) is 37.4 Å². The van der Waals surface area contributed by atoms with Crippen LogP contribution >= 0.6 is 11.8 Å². The first-order valence-electron chi connectivity index (χ1n) is 6.03. The molecule has 1 saturated carbocycles. The standard InChI is InChI=1S/C12H18N2O2S/c1-9-6-13-12(17-8-11(15)16)14(9)7-10-4-2-3-5-10/h6,10H,2-5,7-8H2,1H3,(H,15,16). The number of carboxylic acids is 1. The molecule has 1 N–H and O–H groups in total. The third-order valence-corrected chi connectivity index (χ3v) is 4.23. The highest BCUT2D eigenvalue weighted by Crippen LogP contribution is 2.28. The minimum Gasteiger partial charge on any atom is -0.481 e. The summed E-state index contributed by atoms with van der Waals surface area (Å²) in [6.45, 7) is 3.03. The van der Waals surface area contributed by atoms with Gasteiger partial charge in [-0.1, -0.05) is 24.6 Å². The lowest BCUT2D eigenvalue weighted by Crippen LogP contribution is -2.10. The van der Waals surface area contributed by atoms with E-state index in [1.54, 1.807) is 0 Å². The molecule has 1 aliphatic rings. The summed E-state index contributed by atoms with van der Waals surface area (Å²) in [5.41, 5.74) is 1.13. The first kappa shape index (κ1) is 12.5. The number of hydrogen-bond acceptors (Lipinski definition) is 3. The van der Waals surface area contributed by atoms with Crippen LogP contribution in [0, 0.1) is 12.8 Å². The first-order chi connectivity index (χ1) is 8.16. The fraction of sp³-hybridized carbons (Fsp3) is 0.667. The maximum atomic E-state index is 10.6. The van der Waals surface area contributed by atoms with E-state index >= 15 is 0 Å². The number of aromatic nitrogens is 2. The largest absolute Gasteiger partial charge is 0.481 e. The van der Waals surface area contributed by atoms with E-state index in [9.17, 15) is 4.79 Å². The Morgan fingerprint density at radius 3 is 2.94 bits per heavy atom. The lowest BCUT2D eigenvalue weighted by molar-refractivity contribution is -0.133. The summed E-state index contributed by atoms with van der Waals surface area (Å²) in [6.07, 6.45) is 7.08. The molecule has 1 aromatic rings. The molecule has 0 bridgehead atoms. The Morgan fingerprint density at radius 2 is 2.29 bits per heavy atom. The van der Waals surface area contributed by atoms with Crippen molar-refractivity contribution in [3.63, 3.8) is 0 Å². The maximum Gasteiger partial charge on any atom is 0.313 e. The van der Waals surface area contributed by atoms with Crippen LogP contribution in [0.4, 0.5) is 0 Å². The second-order valence-corrected chi connectivity index (χ2v) is 5.57. The highest BCUT2D eigenvalue weighted by atomic mass is 32.2. The molecule has 0 saturated heterocycles. The summed E-state index contributed by atoms with van der Waals surface area (Å²) in [7, 11) is 0. The third kappa shape index (κ3) is 3.25. The summed E-state index contributed by atoms with van der Waals surface area (Å²) in [5.74, 6) is 0.0383. The minimum absolute atomic E-state index is 0.0844. The van der Waals surface area contributed by atoms with Gasteiger partial charge in [-0.25, -0.2) is 4.98 Å². The zero-order chi connectivity index (χ0) is 12.3. The highest BCUT2D eigenvalue weighted by Gasteiger charge is 2.18. The van der Waals surface area contributed by atoms with Crippen LogP contribution in [0.15, 0.2) is 11.4 Å². The van der Waals surface area contributed by atoms with Crippen LogP contribution in [0.25, 0.3) is 0 Å². The molecule has 2 rings (SSSR count). The zero-order valence-electron chi connectivity index (χ0n) is 10.1. The molecule has 0 aliphatic heterocycles. The Labute approximate surface area is 105 Å². The van der Waals surface area contributed by atoms with Gasteiger partial charge in [0.15, 0.2) is 5.16 Å². The normalized spacial score (nSPS) is 16.5. The number of nitrogens with zero attached hydrogens (tertiary/aromatic N) is 2. The number of aliphatic carboxylic acids is 1. The molecule has 0 radical (unpaired) electrons. The number of rotatable bonds is 5. The Balaban J connectivity index is 2.03. The van der Waals surface area contributed by atoms with E-state index in [2.05, 4.69) is 9.55 Å². The van der Waals surface area contributed by atoms with Gasteiger partial charge in [-0.15, -0.1) is 0 Å². The molecule has 1 aromatic heterocycles. The first-order valence-corrected chi connectivity index (χ1v) is 7.02. The molecule has 4 nitrogen and oxygen atoms in total. The summed E-state index contributed by atoms with van der Waals surface area (Å²) >= 11 is 1.31. The van der Waals surface area contributed by atoms with Crippen molar-refractivity contribution < 1.29 is 9.90 Å². The van der Waals surface area contributed by atoms with Gasteiger partial charge in [0.2, 0.25) is 0 Å². The molecular formula is C12H18N2O2S. The lowest BCUT2D eigenvalue weighted by atomic mass is 10.1. The van der Waals surface area contributed by atoms with Crippen molar-refractivity contribution in [1.29, 1.82) is 0 Å². The molecule has 5 heteroatoms. The predicted octanol–water partition coefficient (Wildman–Crippen LogP) is 2.56. The van der Waals surface area contributed by atoms with E-state index in [-0.39, 0.29) is 5.75 Å². The molecule has 1 aliphatic carbocycles. The molecule has 1 fully saturated rings. The Bertz CT molecular complexity index is 397. The zero-order valence-corrected chi connectivity index (χ0v) is 10.9. The van der Waals surface area contributed by atoms with Crippen LogP contribution in [0.2, 0.25) is 0 Å². The molecular weight excluding hydrogens is 236 g/mol. The monoisotopic (exact) mass is 254 g/mol. The average Bonchev–Trinajstić information content (AvgIpc) is 2.89. The molecule has 0 amide bonds. The fourth-order valence-electron chi connectivity index (χ4n) is 2.35. The van der Waals surface area contributed by atoms with Gasteiger partial charge in [-0.2, -0.15) is 0 Å². The van der Waals surface area contributed by atoms with Gasteiger partial charge < -0.3 is 9.67 Å². The summed E-state index contributed by atoms with van der Waals surface area (Å²) in [5, 5.41) is 9.54. The van der Waals surface area contributed by atoms with Crippen molar-refractivity contribution in [2.45, 2.75) is 44.3 Å². The number of imidazole rings is 1. The number of carbonyl (C=O) groups is 1. The van der Waals surface area contributed by atoms with E-state index in [1.807, 2.05) is 13.1 Å². The van der Waals surface area contributed by atoms with Crippen LogP contribution in [-0.2, 0) is 11.3 Å². The molecule has 0 spiro atoms. The molecule has 17 heavy (non-hydrogen) atoms. The Morgan fingerprint density at radius 1 is 1.59 bits per heavy atom. The number of carboxylic acid groups (broad SMARTS) is 1. The van der Waals surface area contributed by atoms with Crippen LogP contribution in [0.5, 0.6) is 0 Å². The minimum atomic E-state index is -0.789. The van der Waals surface area contributed by atoms with E-state index < -0.39 is 5.97 Å². The van der Waals surface area contributed by atoms with Crippen molar-refractivity contribution in [1.82, 2.24) is 9.55 Å². The van der Waals surface area contributed by atoms with Gasteiger partial charge in [-0.05, 0) is 25.7 Å². The number of hydrogen-bond donors (Lipinski definition) is 1. The molecule has 94 valence electrons. The van der Waals surface area contributed by atoms with Gasteiger partial charge in [-0.3, -0.25) is 4.79 Å². The maximum absolute atomic E-state index is 10.6. The van der Waals surface area contributed by atoms with Crippen molar-refractivity contribution in [2.75, 3.05) is 5.75 Å². The third-order valence-electron chi connectivity index (χ3n) is 3.26. The van der Waals surface area contributed by atoms with Crippen molar-refractivity contribution >= 4 is 17.7 Å². The van der Waals surface area contributed by atoms with Crippen LogP contribution in [0.1, 0.15) is 31.4 Å². The van der Waals surface area contributed by atoms with Gasteiger partial charge >= 0.3 is 5.97 Å².